The standard InChI is InChI=1S/C24H25N3O3/c1-3-21-22(15-19-9-5-4-7-17(19)2)27(24(29)26-23(21)28)16-30-14-6-8-18-10-12-20(25)13-11-18/h4-5,7,9-13H,3,14-16,25H2,1-2H3,(H,26,28,29). The summed E-state index contributed by atoms with van der Waals surface area (Å²) in [5, 5.41) is 0. The lowest BCUT2D eigenvalue weighted by molar-refractivity contribution is 0.0980. The first-order valence-corrected chi connectivity index (χ1v) is 9.81. The van der Waals surface area contributed by atoms with E-state index in [2.05, 4.69) is 16.8 Å². The van der Waals surface area contributed by atoms with Crippen LogP contribution in [-0.4, -0.2) is 16.2 Å². The number of H-pyrrole nitrogens is 1. The van der Waals surface area contributed by atoms with Crippen LogP contribution in [0.4, 0.5) is 5.69 Å². The van der Waals surface area contributed by atoms with E-state index < -0.39 is 5.69 Å². The molecule has 3 N–H and O–H groups in total. The van der Waals surface area contributed by atoms with Gasteiger partial charge in [0.05, 0.1) is 0 Å². The van der Waals surface area contributed by atoms with Crippen molar-refractivity contribution in [3.63, 3.8) is 0 Å². The second-order valence-corrected chi connectivity index (χ2v) is 6.97. The van der Waals surface area contributed by atoms with Crippen molar-refractivity contribution in [2.24, 2.45) is 0 Å². The first-order valence-electron chi connectivity index (χ1n) is 9.81. The van der Waals surface area contributed by atoms with Crippen molar-refractivity contribution < 1.29 is 4.74 Å². The molecule has 1 heterocycles. The van der Waals surface area contributed by atoms with E-state index >= 15 is 0 Å². The van der Waals surface area contributed by atoms with Crippen molar-refractivity contribution in [3.8, 4) is 11.8 Å². The Morgan fingerprint density at radius 3 is 2.53 bits per heavy atom. The van der Waals surface area contributed by atoms with Gasteiger partial charge in [-0.25, -0.2) is 4.79 Å². The molecule has 0 aliphatic rings. The molecule has 30 heavy (non-hydrogen) atoms. The van der Waals surface area contributed by atoms with E-state index in [0.29, 0.717) is 29.8 Å². The Balaban J connectivity index is 1.81. The molecule has 0 unspecified atom stereocenters. The molecule has 0 spiro atoms. The highest BCUT2D eigenvalue weighted by atomic mass is 16.5. The van der Waals surface area contributed by atoms with Crippen molar-refractivity contribution in [3.05, 3.63) is 97.3 Å². The molecule has 1 aromatic heterocycles. The Morgan fingerprint density at radius 1 is 1.10 bits per heavy atom. The van der Waals surface area contributed by atoms with Crippen LogP contribution in [0.3, 0.4) is 0 Å². The van der Waals surface area contributed by atoms with E-state index in [9.17, 15) is 9.59 Å². The minimum atomic E-state index is -0.479. The summed E-state index contributed by atoms with van der Waals surface area (Å²) in [5.41, 5.74) is 9.80. The van der Waals surface area contributed by atoms with E-state index in [-0.39, 0.29) is 18.9 Å². The quantitative estimate of drug-likeness (QED) is 0.376. The highest BCUT2D eigenvalue weighted by Gasteiger charge is 2.15. The van der Waals surface area contributed by atoms with Crippen LogP contribution in [0.15, 0.2) is 58.1 Å². The number of aryl methyl sites for hydroxylation is 1. The predicted molar refractivity (Wildman–Crippen MR) is 118 cm³/mol. The maximum atomic E-state index is 12.5. The lowest BCUT2D eigenvalue weighted by atomic mass is 10.0. The number of nitrogens with zero attached hydrogens (tertiary/aromatic N) is 1. The third-order valence-corrected chi connectivity index (χ3v) is 4.92. The number of hydrogen-bond donors (Lipinski definition) is 2. The summed E-state index contributed by atoms with van der Waals surface area (Å²) in [7, 11) is 0. The Hall–Kier alpha value is -3.56. The van der Waals surface area contributed by atoms with Gasteiger partial charge >= 0.3 is 5.69 Å². The van der Waals surface area contributed by atoms with Gasteiger partial charge in [-0.3, -0.25) is 14.3 Å². The van der Waals surface area contributed by atoms with Crippen LogP contribution >= 0.6 is 0 Å². The number of nitrogen functional groups attached to an aromatic ring is 1. The van der Waals surface area contributed by atoms with Crippen LogP contribution in [0.25, 0.3) is 0 Å². The molecule has 0 saturated heterocycles. The van der Waals surface area contributed by atoms with Crippen LogP contribution in [0.5, 0.6) is 0 Å². The summed E-state index contributed by atoms with van der Waals surface area (Å²) in [6, 6.07) is 15.2. The van der Waals surface area contributed by atoms with E-state index in [1.165, 1.54) is 4.57 Å². The number of anilines is 1. The normalized spacial score (nSPS) is 10.5. The van der Waals surface area contributed by atoms with E-state index in [4.69, 9.17) is 10.5 Å². The highest BCUT2D eigenvalue weighted by molar-refractivity contribution is 5.44. The zero-order valence-electron chi connectivity index (χ0n) is 17.2. The maximum absolute atomic E-state index is 12.5. The smallest absolute Gasteiger partial charge is 0.330 e. The zero-order valence-corrected chi connectivity index (χ0v) is 17.2. The van der Waals surface area contributed by atoms with E-state index in [1.54, 1.807) is 12.1 Å². The third kappa shape index (κ3) is 5.07. The van der Waals surface area contributed by atoms with Crippen LogP contribution in [0, 0.1) is 18.8 Å². The summed E-state index contributed by atoms with van der Waals surface area (Å²) >= 11 is 0. The number of benzene rings is 2. The van der Waals surface area contributed by atoms with Crippen molar-refractivity contribution >= 4 is 5.69 Å². The minimum Gasteiger partial charge on any atom is -0.399 e. The molecule has 6 heteroatoms. The predicted octanol–water partition coefficient (Wildman–Crippen LogP) is 2.61. The topological polar surface area (TPSA) is 90.1 Å². The van der Waals surface area contributed by atoms with Gasteiger partial charge in [-0.1, -0.05) is 43.0 Å². The van der Waals surface area contributed by atoms with Crippen molar-refractivity contribution in [1.82, 2.24) is 9.55 Å². The van der Waals surface area contributed by atoms with Gasteiger partial charge in [0.1, 0.15) is 13.3 Å². The Morgan fingerprint density at radius 2 is 1.83 bits per heavy atom. The summed E-state index contributed by atoms with van der Waals surface area (Å²) in [5.74, 6) is 5.92. The van der Waals surface area contributed by atoms with Gasteiger partial charge in [0.15, 0.2) is 0 Å². The molecule has 0 radical (unpaired) electrons. The Kier molecular flexibility index (Phi) is 6.89. The van der Waals surface area contributed by atoms with E-state index in [0.717, 1.165) is 16.7 Å². The molecule has 6 nitrogen and oxygen atoms in total. The molecule has 0 aliphatic carbocycles. The van der Waals surface area contributed by atoms with Gasteiger partial charge in [0.2, 0.25) is 0 Å². The lowest BCUT2D eigenvalue weighted by Gasteiger charge is -2.16. The van der Waals surface area contributed by atoms with Crippen LogP contribution < -0.4 is 17.0 Å². The third-order valence-electron chi connectivity index (χ3n) is 4.92. The summed E-state index contributed by atoms with van der Waals surface area (Å²) in [4.78, 5) is 27.2. The number of nitrogens with one attached hydrogen (secondary N) is 1. The maximum Gasteiger partial charge on any atom is 0.330 e. The second kappa shape index (κ2) is 9.77. The number of rotatable bonds is 6. The molecule has 2 aromatic carbocycles. The van der Waals surface area contributed by atoms with Crippen LogP contribution in [-0.2, 0) is 24.3 Å². The van der Waals surface area contributed by atoms with Crippen molar-refractivity contribution in [2.75, 3.05) is 12.3 Å². The second-order valence-electron chi connectivity index (χ2n) is 6.97. The molecule has 0 atom stereocenters. The average Bonchev–Trinajstić information content (AvgIpc) is 2.72. The molecule has 3 rings (SSSR count). The molecule has 0 bridgehead atoms. The molecule has 3 aromatic rings. The SMILES string of the molecule is CCc1c(Cc2ccccc2C)n(COCC#Cc2ccc(N)cc2)c(=O)[nH]c1=O. The van der Waals surface area contributed by atoms with Gasteiger partial charge < -0.3 is 10.5 Å². The summed E-state index contributed by atoms with van der Waals surface area (Å²) in [6.07, 6.45) is 1.00. The number of aromatic amines is 1. The molecular formula is C24H25N3O3. The number of aromatic nitrogens is 2. The summed E-state index contributed by atoms with van der Waals surface area (Å²) < 4.78 is 7.12. The highest BCUT2D eigenvalue weighted by Crippen LogP contribution is 2.15. The fourth-order valence-corrected chi connectivity index (χ4v) is 3.24. The van der Waals surface area contributed by atoms with Gasteiger partial charge in [-0.2, -0.15) is 0 Å². The molecular weight excluding hydrogens is 378 g/mol. The van der Waals surface area contributed by atoms with Gasteiger partial charge in [-0.15, -0.1) is 0 Å². The molecule has 0 saturated carbocycles. The fraction of sp³-hybridized carbons (Fsp3) is 0.250. The number of nitrogens with two attached hydrogens (primary N) is 1. The molecule has 0 fully saturated rings. The monoisotopic (exact) mass is 403 g/mol. The van der Waals surface area contributed by atoms with Gasteiger partial charge in [-0.05, 0) is 48.7 Å². The first kappa shape index (κ1) is 21.2. The van der Waals surface area contributed by atoms with Gasteiger partial charge in [0.25, 0.3) is 5.56 Å². The zero-order chi connectivity index (χ0) is 21.5. The first-order chi connectivity index (χ1) is 14.5. The lowest BCUT2D eigenvalue weighted by Crippen LogP contribution is -2.36. The fourth-order valence-electron chi connectivity index (χ4n) is 3.24. The summed E-state index contributed by atoms with van der Waals surface area (Å²) in [6.45, 7) is 4.08. The van der Waals surface area contributed by atoms with Crippen LogP contribution in [0.2, 0.25) is 0 Å². The van der Waals surface area contributed by atoms with Crippen molar-refractivity contribution in [1.29, 1.82) is 0 Å². The minimum absolute atomic E-state index is 0.0141. The average molecular weight is 403 g/mol. The Bertz CT molecular complexity index is 1200. The Labute approximate surface area is 175 Å². The van der Waals surface area contributed by atoms with Crippen LogP contribution in [0.1, 0.15) is 34.9 Å². The number of ether oxygens (including phenoxy) is 1. The van der Waals surface area contributed by atoms with Gasteiger partial charge in [0, 0.05) is 28.9 Å². The van der Waals surface area contributed by atoms with E-state index in [1.807, 2.05) is 50.2 Å². The van der Waals surface area contributed by atoms with Crippen molar-refractivity contribution in [2.45, 2.75) is 33.4 Å². The molecule has 0 amide bonds. The molecule has 154 valence electrons. The number of hydrogen-bond acceptors (Lipinski definition) is 4. The largest absolute Gasteiger partial charge is 0.399 e. The molecule has 0 aliphatic heterocycles.